The summed E-state index contributed by atoms with van der Waals surface area (Å²) in [4.78, 5) is 17.1. The molecule has 2 aliphatic rings. The van der Waals surface area contributed by atoms with Crippen molar-refractivity contribution in [2.75, 3.05) is 33.3 Å². The van der Waals surface area contributed by atoms with E-state index in [2.05, 4.69) is 15.8 Å². The lowest BCUT2D eigenvalue weighted by atomic mass is 10.0. The van der Waals surface area contributed by atoms with Gasteiger partial charge in [0.1, 0.15) is 11.6 Å². The molecule has 2 aromatic rings. The zero-order chi connectivity index (χ0) is 19.5. The number of benzene rings is 2. The highest BCUT2D eigenvalue weighted by atomic mass is 19.1. The molecule has 2 unspecified atom stereocenters. The molecule has 1 amide bonds. The zero-order valence-electron chi connectivity index (χ0n) is 15.9. The molecular weight excluding hydrogens is 359 g/mol. The number of halogens is 1. The molecule has 28 heavy (non-hydrogen) atoms. The van der Waals surface area contributed by atoms with Crippen LogP contribution in [-0.2, 0) is 0 Å². The van der Waals surface area contributed by atoms with Crippen LogP contribution >= 0.6 is 0 Å². The number of methoxy groups -OCH3 is 1. The number of hydrazine groups is 1. The number of hydrogen-bond donors (Lipinski definition) is 2. The molecule has 6 nitrogen and oxygen atoms in total. The van der Waals surface area contributed by atoms with E-state index in [0.717, 1.165) is 25.1 Å². The third-order valence-corrected chi connectivity index (χ3v) is 5.54. The summed E-state index contributed by atoms with van der Waals surface area (Å²) in [6.45, 7) is 2.96. The van der Waals surface area contributed by atoms with Crippen LogP contribution in [0.5, 0.6) is 5.75 Å². The molecule has 2 aliphatic heterocycles. The molecule has 2 fully saturated rings. The van der Waals surface area contributed by atoms with E-state index >= 15 is 0 Å². The van der Waals surface area contributed by atoms with Crippen molar-refractivity contribution in [2.24, 2.45) is 0 Å². The Bertz CT molecular complexity index is 821. The maximum atomic E-state index is 13.1. The Kier molecular flexibility index (Phi) is 5.57. The average molecular weight is 384 g/mol. The maximum Gasteiger partial charge on any atom is 0.257 e. The SMILES string of the molecule is COc1ccccc1C(=O)N1CCN(C2CC(c3ccc(F)cc3)NN2)CC1. The fourth-order valence-electron chi connectivity index (χ4n) is 3.92. The van der Waals surface area contributed by atoms with Crippen molar-refractivity contribution >= 4 is 5.91 Å². The number of rotatable bonds is 4. The molecule has 2 N–H and O–H groups in total. The van der Waals surface area contributed by atoms with Gasteiger partial charge in [-0.3, -0.25) is 9.69 Å². The van der Waals surface area contributed by atoms with Crippen molar-refractivity contribution in [3.05, 3.63) is 65.5 Å². The van der Waals surface area contributed by atoms with E-state index in [1.165, 1.54) is 12.1 Å². The third kappa shape index (κ3) is 3.87. The smallest absolute Gasteiger partial charge is 0.257 e. The van der Waals surface area contributed by atoms with Gasteiger partial charge in [-0.25, -0.2) is 15.2 Å². The van der Waals surface area contributed by atoms with Gasteiger partial charge < -0.3 is 9.64 Å². The summed E-state index contributed by atoms with van der Waals surface area (Å²) in [6, 6.07) is 14.1. The summed E-state index contributed by atoms with van der Waals surface area (Å²) in [5.74, 6) is 0.402. The van der Waals surface area contributed by atoms with Crippen molar-refractivity contribution in [3.8, 4) is 5.75 Å². The van der Waals surface area contributed by atoms with Crippen LogP contribution in [-0.4, -0.2) is 55.2 Å². The first-order chi connectivity index (χ1) is 13.7. The Morgan fingerprint density at radius 3 is 2.46 bits per heavy atom. The fraction of sp³-hybridized carbons (Fsp3) is 0.381. The van der Waals surface area contributed by atoms with Crippen molar-refractivity contribution in [1.82, 2.24) is 20.7 Å². The highest BCUT2D eigenvalue weighted by molar-refractivity contribution is 5.97. The number of hydrogen-bond acceptors (Lipinski definition) is 5. The molecule has 0 aromatic heterocycles. The van der Waals surface area contributed by atoms with Crippen LogP contribution in [0.25, 0.3) is 0 Å². The Morgan fingerprint density at radius 2 is 1.75 bits per heavy atom. The van der Waals surface area contributed by atoms with Crippen molar-refractivity contribution in [3.63, 3.8) is 0 Å². The Labute approximate surface area is 164 Å². The monoisotopic (exact) mass is 384 g/mol. The van der Waals surface area contributed by atoms with Crippen LogP contribution in [0.2, 0.25) is 0 Å². The largest absolute Gasteiger partial charge is 0.496 e. The number of para-hydroxylation sites is 1. The van der Waals surface area contributed by atoms with Crippen molar-refractivity contribution < 1.29 is 13.9 Å². The third-order valence-electron chi connectivity index (χ3n) is 5.54. The van der Waals surface area contributed by atoms with Gasteiger partial charge in [0.15, 0.2) is 0 Å². The minimum absolute atomic E-state index is 0.0128. The lowest BCUT2D eigenvalue weighted by Crippen LogP contribution is -2.55. The molecule has 0 saturated carbocycles. The van der Waals surface area contributed by atoms with Gasteiger partial charge in [0, 0.05) is 32.2 Å². The van der Waals surface area contributed by atoms with Gasteiger partial charge in [0.05, 0.1) is 18.8 Å². The highest BCUT2D eigenvalue weighted by Gasteiger charge is 2.32. The molecule has 2 atom stereocenters. The number of piperazine rings is 1. The van der Waals surface area contributed by atoms with Gasteiger partial charge in [0.25, 0.3) is 5.91 Å². The molecule has 2 aromatic carbocycles. The van der Waals surface area contributed by atoms with Crippen LogP contribution in [0.4, 0.5) is 4.39 Å². The molecule has 0 aliphatic carbocycles. The predicted octanol–water partition coefficient (Wildman–Crippen LogP) is 2.16. The Balaban J connectivity index is 1.33. The maximum absolute atomic E-state index is 13.1. The average Bonchev–Trinajstić information content (AvgIpc) is 3.24. The van der Waals surface area contributed by atoms with E-state index in [1.54, 1.807) is 7.11 Å². The van der Waals surface area contributed by atoms with Gasteiger partial charge in [-0.2, -0.15) is 0 Å². The molecule has 7 heteroatoms. The molecule has 148 valence electrons. The van der Waals surface area contributed by atoms with Crippen LogP contribution < -0.4 is 15.6 Å². The second-order valence-electron chi connectivity index (χ2n) is 7.17. The fourth-order valence-corrected chi connectivity index (χ4v) is 3.92. The molecule has 4 rings (SSSR count). The summed E-state index contributed by atoms with van der Waals surface area (Å²) in [5.41, 5.74) is 8.32. The van der Waals surface area contributed by atoms with E-state index in [1.807, 2.05) is 41.3 Å². The summed E-state index contributed by atoms with van der Waals surface area (Å²) in [6.07, 6.45) is 1.09. The van der Waals surface area contributed by atoms with Gasteiger partial charge in [-0.15, -0.1) is 0 Å². The van der Waals surface area contributed by atoms with Crippen LogP contribution in [0.1, 0.15) is 28.4 Å². The first-order valence-corrected chi connectivity index (χ1v) is 9.58. The first kappa shape index (κ1) is 18.9. The van der Waals surface area contributed by atoms with Crippen LogP contribution in [0, 0.1) is 5.82 Å². The predicted molar refractivity (Wildman–Crippen MR) is 104 cm³/mol. The standard InChI is InChI=1S/C21H25FN4O2/c1-28-19-5-3-2-4-17(19)21(27)26-12-10-25(11-13-26)20-14-18(23-24-20)15-6-8-16(22)9-7-15/h2-9,18,20,23-24H,10-14H2,1H3. The minimum Gasteiger partial charge on any atom is -0.496 e. The summed E-state index contributed by atoms with van der Waals surface area (Å²) in [7, 11) is 1.58. The van der Waals surface area contributed by atoms with E-state index in [4.69, 9.17) is 4.74 Å². The minimum atomic E-state index is -0.220. The number of carbonyl (C=O) groups is 1. The Hall–Kier alpha value is -2.48. The van der Waals surface area contributed by atoms with Gasteiger partial charge in [0.2, 0.25) is 0 Å². The number of carbonyl (C=O) groups excluding carboxylic acids is 1. The normalized spacial score (nSPS) is 23.0. The van der Waals surface area contributed by atoms with E-state index in [-0.39, 0.29) is 23.9 Å². The number of nitrogens with one attached hydrogen (secondary N) is 2. The number of amides is 1. The van der Waals surface area contributed by atoms with Gasteiger partial charge >= 0.3 is 0 Å². The molecule has 0 spiro atoms. The first-order valence-electron chi connectivity index (χ1n) is 9.58. The highest BCUT2D eigenvalue weighted by Crippen LogP contribution is 2.25. The molecule has 0 bridgehead atoms. The second kappa shape index (κ2) is 8.26. The molecule has 0 radical (unpaired) electrons. The van der Waals surface area contributed by atoms with Gasteiger partial charge in [-0.1, -0.05) is 24.3 Å². The summed E-state index contributed by atoms with van der Waals surface area (Å²) >= 11 is 0. The second-order valence-corrected chi connectivity index (χ2v) is 7.17. The molecular formula is C21H25FN4O2. The molecule has 2 heterocycles. The quantitative estimate of drug-likeness (QED) is 0.846. The lowest BCUT2D eigenvalue weighted by molar-refractivity contribution is 0.0542. The van der Waals surface area contributed by atoms with E-state index in [9.17, 15) is 9.18 Å². The molecule has 2 saturated heterocycles. The Morgan fingerprint density at radius 1 is 1.04 bits per heavy atom. The van der Waals surface area contributed by atoms with Crippen molar-refractivity contribution in [1.29, 1.82) is 0 Å². The lowest BCUT2D eigenvalue weighted by Gasteiger charge is -2.37. The van der Waals surface area contributed by atoms with Gasteiger partial charge in [-0.05, 0) is 36.2 Å². The number of nitrogens with zero attached hydrogens (tertiary/aromatic N) is 2. The zero-order valence-corrected chi connectivity index (χ0v) is 15.9. The topological polar surface area (TPSA) is 56.8 Å². The summed E-state index contributed by atoms with van der Waals surface area (Å²) < 4.78 is 18.5. The van der Waals surface area contributed by atoms with Crippen LogP contribution in [0.15, 0.2) is 48.5 Å². The summed E-state index contributed by atoms with van der Waals surface area (Å²) in [5, 5.41) is 0. The van der Waals surface area contributed by atoms with Crippen LogP contribution in [0.3, 0.4) is 0 Å². The van der Waals surface area contributed by atoms with E-state index in [0.29, 0.717) is 24.4 Å². The van der Waals surface area contributed by atoms with Crippen molar-refractivity contribution in [2.45, 2.75) is 18.6 Å². The van der Waals surface area contributed by atoms with E-state index < -0.39 is 0 Å². The number of ether oxygens (including phenoxy) is 1.